The third kappa shape index (κ3) is 3.07. The highest BCUT2D eigenvalue weighted by Crippen LogP contribution is 2.49. The number of rotatable bonds is 4. The van der Waals surface area contributed by atoms with E-state index in [1.165, 1.54) is 11.6 Å². The first-order chi connectivity index (χ1) is 13.6. The molecule has 0 saturated carbocycles. The highest BCUT2D eigenvalue weighted by molar-refractivity contribution is 5.95. The second-order valence-electron chi connectivity index (χ2n) is 7.64. The summed E-state index contributed by atoms with van der Waals surface area (Å²) in [5, 5.41) is 0. The number of carbonyl (C=O) groups is 2. The summed E-state index contributed by atoms with van der Waals surface area (Å²) in [6, 6.07) is 17.5. The van der Waals surface area contributed by atoms with Crippen LogP contribution in [0.25, 0.3) is 0 Å². The Hall–Kier alpha value is -3.08. The fraction of sp³-hybridized carbons (Fsp3) is 0.304. The topological polar surface area (TPSA) is 49.9 Å². The predicted molar refractivity (Wildman–Crippen MR) is 107 cm³/mol. The van der Waals surface area contributed by atoms with Gasteiger partial charge >= 0.3 is 0 Å². The van der Waals surface area contributed by atoms with E-state index in [1.54, 1.807) is 31.4 Å². The molecule has 5 nitrogen and oxygen atoms in total. The first kappa shape index (κ1) is 18.3. The molecule has 1 spiro atoms. The molecule has 28 heavy (non-hydrogen) atoms. The van der Waals surface area contributed by atoms with Gasteiger partial charge in [0, 0.05) is 43.1 Å². The van der Waals surface area contributed by atoms with Crippen molar-refractivity contribution in [1.82, 2.24) is 9.80 Å². The number of hydrogen-bond donors (Lipinski definition) is 0. The SMILES string of the molecule is C=CC(=O)N1C[C@@H](c2ccccc2)C2(C1)CN(C(=O)c1ccc(OC)cc1)C2. The number of carbonyl (C=O) groups excluding carboxylic acids is 2. The lowest BCUT2D eigenvalue weighted by atomic mass is 9.69. The van der Waals surface area contributed by atoms with Crippen LogP contribution in [0.4, 0.5) is 0 Å². The molecule has 5 heteroatoms. The molecule has 0 radical (unpaired) electrons. The summed E-state index contributed by atoms with van der Waals surface area (Å²) in [4.78, 5) is 28.8. The highest BCUT2D eigenvalue weighted by atomic mass is 16.5. The van der Waals surface area contributed by atoms with Crippen LogP contribution >= 0.6 is 0 Å². The second kappa shape index (κ2) is 7.15. The molecule has 2 aliphatic heterocycles. The summed E-state index contributed by atoms with van der Waals surface area (Å²) >= 11 is 0. The Kier molecular flexibility index (Phi) is 4.67. The Balaban J connectivity index is 1.53. The predicted octanol–water partition coefficient (Wildman–Crippen LogP) is 2.95. The normalized spacial score (nSPS) is 20.0. The van der Waals surface area contributed by atoms with E-state index in [4.69, 9.17) is 4.74 Å². The van der Waals surface area contributed by atoms with Crippen LogP contribution < -0.4 is 4.74 Å². The Labute approximate surface area is 165 Å². The summed E-state index contributed by atoms with van der Waals surface area (Å²) in [5.41, 5.74) is 1.78. The molecule has 2 heterocycles. The Morgan fingerprint density at radius 2 is 1.68 bits per heavy atom. The van der Waals surface area contributed by atoms with Crippen molar-refractivity contribution >= 4 is 11.8 Å². The van der Waals surface area contributed by atoms with Crippen molar-refractivity contribution in [3.05, 3.63) is 78.4 Å². The molecule has 0 unspecified atom stereocenters. The third-order valence-electron chi connectivity index (χ3n) is 5.97. The Morgan fingerprint density at radius 3 is 2.29 bits per heavy atom. The zero-order valence-corrected chi connectivity index (χ0v) is 16.0. The van der Waals surface area contributed by atoms with Crippen molar-refractivity contribution in [3.8, 4) is 5.75 Å². The molecule has 2 saturated heterocycles. The van der Waals surface area contributed by atoms with Gasteiger partial charge in [0.15, 0.2) is 0 Å². The number of benzene rings is 2. The van der Waals surface area contributed by atoms with Gasteiger partial charge in [0.1, 0.15) is 5.75 Å². The minimum Gasteiger partial charge on any atom is -0.497 e. The van der Waals surface area contributed by atoms with E-state index in [1.807, 2.05) is 28.0 Å². The molecule has 2 fully saturated rings. The maximum absolute atomic E-state index is 12.9. The van der Waals surface area contributed by atoms with Crippen molar-refractivity contribution in [2.45, 2.75) is 5.92 Å². The van der Waals surface area contributed by atoms with Crippen molar-refractivity contribution in [2.75, 3.05) is 33.3 Å². The number of amides is 2. The van der Waals surface area contributed by atoms with E-state index in [0.717, 1.165) is 5.75 Å². The number of likely N-dealkylation sites (tertiary alicyclic amines) is 2. The zero-order valence-electron chi connectivity index (χ0n) is 16.0. The van der Waals surface area contributed by atoms with Gasteiger partial charge in [-0.2, -0.15) is 0 Å². The standard InChI is InChI=1S/C23H24N2O3/c1-3-21(26)24-13-20(17-7-5-4-6-8-17)23(14-24)15-25(16-23)22(27)18-9-11-19(28-2)12-10-18/h3-12,20H,1,13-16H2,2H3/t20-/m0/s1. The van der Waals surface area contributed by atoms with Gasteiger partial charge in [-0.1, -0.05) is 36.9 Å². The van der Waals surface area contributed by atoms with Crippen LogP contribution in [0.1, 0.15) is 21.8 Å². The van der Waals surface area contributed by atoms with Crippen LogP contribution in [0.15, 0.2) is 67.3 Å². The average molecular weight is 376 g/mol. The van der Waals surface area contributed by atoms with Crippen molar-refractivity contribution < 1.29 is 14.3 Å². The molecule has 0 aromatic heterocycles. The first-order valence-corrected chi connectivity index (χ1v) is 9.46. The highest BCUT2D eigenvalue weighted by Gasteiger charge is 2.56. The van der Waals surface area contributed by atoms with Crippen LogP contribution in [0.5, 0.6) is 5.75 Å². The molecule has 2 aromatic rings. The summed E-state index contributed by atoms with van der Waals surface area (Å²) in [6.07, 6.45) is 1.38. The Bertz CT molecular complexity index is 886. The van der Waals surface area contributed by atoms with Gasteiger partial charge in [0.05, 0.1) is 7.11 Å². The minimum atomic E-state index is -0.0951. The van der Waals surface area contributed by atoms with E-state index < -0.39 is 0 Å². The second-order valence-corrected chi connectivity index (χ2v) is 7.64. The molecule has 0 N–H and O–H groups in total. The summed E-state index contributed by atoms with van der Waals surface area (Å²) in [7, 11) is 1.61. The monoisotopic (exact) mass is 376 g/mol. The number of methoxy groups -OCH3 is 1. The van der Waals surface area contributed by atoms with Crippen LogP contribution in [0, 0.1) is 5.41 Å². The molecule has 2 aliphatic rings. The lowest BCUT2D eigenvalue weighted by molar-refractivity contribution is -0.125. The van der Waals surface area contributed by atoms with E-state index in [9.17, 15) is 9.59 Å². The number of nitrogens with zero attached hydrogens (tertiary/aromatic N) is 2. The third-order valence-corrected chi connectivity index (χ3v) is 5.97. The quantitative estimate of drug-likeness (QED) is 0.771. The van der Waals surface area contributed by atoms with Crippen molar-refractivity contribution in [1.29, 1.82) is 0 Å². The van der Waals surface area contributed by atoms with Crippen LogP contribution in [0.2, 0.25) is 0 Å². The average Bonchev–Trinajstić information content (AvgIpc) is 3.13. The molecule has 1 atom stereocenters. The maximum Gasteiger partial charge on any atom is 0.253 e. The van der Waals surface area contributed by atoms with E-state index in [-0.39, 0.29) is 23.1 Å². The first-order valence-electron chi connectivity index (χ1n) is 9.46. The van der Waals surface area contributed by atoms with Gasteiger partial charge in [-0.15, -0.1) is 0 Å². The van der Waals surface area contributed by atoms with Crippen LogP contribution in [-0.2, 0) is 4.79 Å². The van der Waals surface area contributed by atoms with Crippen molar-refractivity contribution in [3.63, 3.8) is 0 Å². The van der Waals surface area contributed by atoms with E-state index in [0.29, 0.717) is 31.7 Å². The lowest BCUT2D eigenvalue weighted by Crippen LogP contribution is -2.61. The van der Waals surface area contributed by atoms with Crippen LogP contribution in [0.3, 0.4) is 0 Å². The fourth-order valence-corrected chi connectivity index (χ4v) is 4.50. The van der Waals surface area contributed by atoms with Gasteiger partial charge in [-0.25, -0.2) is 0 Å². The molecule has 144 valence electrons. The zero-order chi connectivity index (χ0) is 19.7. The molecule has 4 rings (SSSR count). The summed E-state index contributed by atoms with van der Waals surface area (Å²) in [5.74, 6) is 0.930. The smallest absolute Gasteiger partial charge is 0.253 e. The molecule has 0 bridgehead atoms. The largest absolute Gasteiger partial charge is 0.497 e. The van der Waals surface area contributed by atoms with E-state index >= 15 is 0 Å². The molecule has 2 aromatic carbocycles. The molecule has 0 aliphatic carbocycles. The molecular formula is C23H24N2O3. The van der Waals surface area contributed by atoms with Gasteiger partial charge in [-0.3, -0.25) is 9.59 Å². The minimum absolute atomic E-state index is 0.0218. The maximum atomic E-state index is 12.9. The van der Waals surface area contributed by atoms with Gasteiger partial charge < -0.3 is 14.5 Å². The van der Waals surface area contributed by atoms with Crippen LogP contribution in [-0.4, -0.2) is 54.9 Å². The van der Waals surface area contributed by atoms with Crippen molar-refractivity contribution in [2.24, 2.45) is 5.41 Å². The van der Waals surface area contributed by atoms with Gasteiger partial charge in [0.2, 0.25) is 5.91 Å². The molecular weight excluding hydrogens is 352 g/mol. The Morgan fingerprint density at radius 1 is 1.04 bits per heavy atom. The summed E-state index contributed by atoms with van der Waals surface area (Å²) in [6.45, 7) is 6.25. The lowest BCUT2D eigenvalue weighted by Gasteiger charge is -2.51. The number of hydrogen-bond acceptors (Lipinski definition) is 3. The van der Waals surface area contributed by atoms with Gasteiger partial charge in [-0.05, 0) is 35.9 Å². The van der Waals surface area contributed by atoms with Gasteiger partial charge in [0.25, 0.3) is 5.91 Å². The van der Waals surface area contributed by atoms with E-state index in [2.05, 4.69) is 18.7 Å². The number of ether oxygens (including phenoxy) is 1. The fourth-order valence-electron chi connectivity index (χ4n) is 4.50. The molecule has 2 amide bonds. The summed E-state index contributed by atoms with van der Waals surface area (Å²) < 4.78 is 5.16.